The Kier molecular flexibility index (Phi) is 3.28. The van der Waals surface area contributed by atoms with Crippen molar-refractivity contribution in [3.8, 4) is 16.9 Å². The average molecular weight is 245 g/mol. The molecule has 4 heteroatoms. The van der Waals surface area contributed by atoms with Gasteiger partial charge in [0.15, 0.2) is 5.82 Å². The van der Waals surface area contributed by atoms with Crippen LogP contribution in [0, 0.1) is 6.92 Å². The first-order chi connectivity index (χ1) is 8.58. The van der Waals surface area contributed by atoms with Crippen molar-refractivity contribution in [2.24, 2.45) is 7.05 Å². The molecule has 0 spiro atoms. The van der Waals surface area contributed by atoms with Crippen molar-refractivity contribution in [2.45, 2.75) is 20.3 Å². The third-order valence-electron chi connectivity index (χ3n) is 3.30. The van der Waals surface area contributed by atoms with E-state index in [1.54, 1.807) is 11.8 Å². The Labute approximate surface area is 107 Å². The molecule has 0 fully saturated rings. The van der Waals surface area contributed by atoms with Crippen LogP contribution in [0.2, 0.25) is 0 Å². The van der Waals surface area contributed by atoms with Crippen molar-refractivity contribution in [1.82, 2.24) is 9.78 Å². The highest BCUT2D eigenvalue weighted by molar-refractivity contribution is 5.81. The second kappa shape index (κ2) is 4.72. The van der Waals surface area contributed by atoms with E-state index < -0.39 is 0 Å². The maximum Gasteiger partial charge on any atom is 0.153 e. The molecule has 96 valence electrons. The summed E-state index contributed by atoms with van der Waals surface area (Å²) in [5.41, 5.74) is 10.3. The minimum Gasteiger partial charge on any atom is -0.496 e. The number of hydrogen-bond donors (Lipinski definition) is 1. The van der Waals surface area contributed by atoms with Crippen LogP contribution in [0.3, 0.4) is 0 Å². The van der Waals surface area contributed by atoms with Crippen LogP contribution in [0.25, 0.3) is 11.1 Å². The largest absolute Gasteiger partial charge is 0.496 e. The predicted molar refractivity (Wildman–Crippen MR) is 73.7 cm³/mol. The summed E-state index contributed by atoms with van der Waals surface area (Å²) in [5.74, 6) is 1.37. The summed E-state index contributed by atoms with van der Waals surface area (Å²) in [4.78, 5) is 0. The molecule has 0 bridgehead atoms. The normalized spacial score (nSPS) is 10.7. The molecule has 2 aromatic rings. The minimum atomic E-state index is 0.543. The molecule has 1 heterocycles. The maximum atomic E-state index is 6.00. The smallest absolute Gasteiger partial charge is 0.153 e. The van der Waals surface area contributed by atoms with Crippen molar-refractivity contribution in [3.05, 3.63) is 29.5 Å². The lowest BCUT2D eigenvalue weighted by Gasteiger charge is -2.10. The number of nitrogen functional groups attached to an aromatic ring is 1. The van der Waals surface area contributed by atoms with Gasteiger partial charge >= 0.3 is 0 Å². The molecule has 0 unspecified atom stereocenters. The number of rotatable bonds is 3. The zero-order chi connectivity index (χ0) is 13.3. The number of hydrogen-bond acceptors (Lipinski definition) is 3. The number of aromatic nitrogens is 2. The lowest BCUT2D eigenvalue weighted by Crippen LogP contribution is -1.94. The van der Waals surface area contributed by atoms with Crippen LogP contribution < -0.4 is 10.5 Å². The van der Waals surface area contributed by atoms with E-state index in [1.807, 2.05) is 20.0 Å². The van der Waals surface area contributed by atoms with E-state index in [4.69, 9.17) is 10.5 Å². The van der Waals surface area contributed by atoms with Crippen LogP contribution in [0.1, 0.15) is 18.2 Å². The fraction of sp³-hybridized carbons (Fsp3) is 0.357. The van der Waals surface area contributed by atoms with Crippen molar-refractivity contribution < 1.29 is 4.74 Å². The van der Waals surface area contributed by atoms with E-state index in [0.717, 1.165) is 29.0 Å². The van der Waals surface area contributed by atoms with Crippen molar-refractivity contribution >= 4 is 5.82 Å². The van der Waals surface area contributed by atoms with E-state index in [-0.39, 0.29) is 0 Å². The molecular formula is C14H19N3O. The van der Waals surface area contributed by atoms with Crippen molar-refractivity contribution in [1.29, 1.82) is 0 Å². The molecule has 1 aromatic heterocycles. The van der Waals surface area contributed by atoms with Gasteiger partial charge in [0.25, 0.3) is 0 Å². The summed E-state index contributed by atoms with van der Waals surface area (Å²) in [6.45, 7) is 4.14. The lowest BCUT2D eigenvalue weighted by atomic mass is 10.0. The molecule has 0 amide bonds. The Hall–Kier alpha value is -1.97. The topological polar surface area (TPSA) is 53.1 Å². The molecule has 0 radical (unpaired) electrons. The van der Waals surface area contributed by atoms with Gasteiger partial charge in [-0.25, -0.2) is 0 Å². The molecule has 0 aliphatic rings. The first-order valence-electron chi connectivity index (χ1n) is 6.04. The number of ether oxygens (including phenoxy) is 1. The van der Waals surface area contributed by atoms with Crippen LogP contribution in [-0.4, -0.2) is 16.9 Å². The fourth-order valence-corrected chi connectivity index (χ4v) is 2.14. The maximum absolute atomic E-state index is 6.00. The second-order valence-electron chi connectivity index (χ2n) is 4.36. The Bertz CT molecular complexity index is 573. The van der Waals surface area contributed by atoms with Gasteiger partial charge in [-0.3, -0.25) is 4.68 Å². The summed E-state index contributed by atoms with van der Waals surface area (Å²) in [5, 5.41) is 4.26. The Morgan fingerprint density at radius 3 is 2.61 bits per heavy atom. The molecule has 0 atom stereocenters. The molecule has 0 aliphatic carbocycles. The minimum absolute atomic E-state index is 0.543. The SMILES string of the molecule is CCc1ccc(OC)c(-c2c(N)nn(C)c2C)c1. The molecule has 1 aromatic carbocycles. The Morgan fingerprint density at radius 1 is 1.39 bits per heavy atom. The second-order valence-corrected chi connectivity index (χ2v) is 4.36. The summed E-state index contributed by atoms with van der Waals surface area (Å²) in [7, 11) is 3.57. The monoisotopic (exact) mass is 245 g/mol. The number of aryl methyl sites for hydroxylation is 2. The summed E-state index contributed by atoms with van der Waals surface area (Å²) < 4.78 is 7.22. The van der Waals surface area contributed by atoms with Gasteiger partial charge in [-0.2, -0.15) is 5.10 Å². The first kappa shape index (κ1) is 12.5. The van der Waals surface area contributed by atoms with Crippen molar-refractivity contribution in [2.75, 3.05) is 12.8 Å². The van der Waals surface area contributed by atoms with Gasteiger partial charge in [-0.1, -0.05) is 13.0 Å². The number of nitrogens with two attached hydrogens (primary N) is 1. The van der Waals surface area contributed by atoms with Crippen LogP contribution in [0.15, 0.2) is 18.2 Å². The zero-order valence-corrected chi connectivity index (χ0v) is 11.3. The van der Waals surface area contributed by atoms with Crippen LogP contribution >= 0.6 is 0 Å². The highest BCUT2D eigenvalue weighted by Gasteiger charge is 2.16. The molecular weight excluding hydrogens is 226 g/mol. The number of nitrogens with zero attached hydrogens (tertiary/aromatic N) is 2. The van der Waals surface area contributed by atoms with Crippen molar-refractivity contribution in [3.63, 3.8) is 0 Å². The van der Waals surface area contributed by atoms with Gasteiger partial charge in [0.2, 0.25) is 0 Å². The van der Waals surface area contributed by atoms with E-state index >= 15 is 0 Å². The Morgan fingerprint density at radius 2 is 2.11 bits per heavy atom. The highest BCUT2D eigenvalue weighted by Crippen LogP contribution is 2.36. The van der Waals surface area contributed by atoms with Gasteiger partial charge in [-0.05, 0) is 31.0 Å². The summed E-state index contributed by atoms with van der Waals surface area (Å²) >= 11 is 0. The number of benzene rings is 1. The standard InChI is InChI=1S/C14H19N3O/c1-5-10-6-7-12(18-4)11(8-10)13-9(2)17(3)16-14(13)15/h6-8H,5H2,1-4H3,(H2,15,16). The molecule has 0 aliphatic heterocycles. The molecule has 4 nitrogen and oxygen atoms in total. The van der Waals surface area contributed by atoms with E-state index in [0.29, 0.717) is 5.82 Å². The van der Waals surface area contributed by atoms with Crippen LogP contribution in [-0.2, 0) is 13.5 Å². The summed E-state index contributed by atoms with van der Waals surface area (Å²) in [6.07, 6.45) is 0.982. The quantitative estimate of drug-likeness (QED) is 0.904. The molecule has 18 heavy (non-hydrogen) atoms. The van der Waals surface area contributed by atoms with Gasteiger partial charge in [0.1, 0.15) is 5.75 Å². The van der Waals surface area contributed by atoms with Crippen LogP contribution in [0.5, 0.6) is 5.75 Å². The van der Waals surface area contributed by atoms with Gasteiger partial charge < -0.3 is 10.5 Å². The summed E-state index contributed by atoms with van der Waals surface area (Å²) in [6, 6.07) is 6.18. The Balaban J connectivity index is 2.68. The molecule has 2 rings (SSSR count). The number of methoxy groups -OCH3 is 1. The first-order valence-corrected chi connectivity index (χ1v) is 6.04. The predicted octanol–water partition coefficient (Wildman–Crippen LogP) is 2.55. The fourth-order valence-electron chi connectivity index (χ4n) is 2.14. The van der Waals surface area contributed by atoms with Crippen LogP contribution in [0.4, 0.5) is 5.82 Å². The molecule has 0 saturated heterocycles. The lowest BCUT2D eigenvalue weighted by molar-refractivity contribution is 0.416. The average Bonchev–Trinajstić information content (AvgIpc) is 2.62. The highest BCUT2D eigenvalue weighted by atomic mass is 16.5. The third kappa shape index (κ3) is 1.94. The number of anilines is 1. The van der Waals surface area contributed by atoms with E-state index in [2.05, 4.69) is 24.2 Å². The van der Waals surface area contributed by atoms with Gasteiger partial charge in [-0.15, -0.1) is 0 Å². The molecule has 2 N–H and O–H groups in total. The zero-order valence-electron chi connectivity index (χ0n) is 11.3. The molecule has 0 saturated carbocycles. The van der Waals surface area contributed by atoms with Gasteiger partial charge in [0.05, 0.1) is 12.7 Å². The third-order valence-corrected chi connectivity index (χ3v) is 3.30. The van der Waals surface area contributed by atoms with E-state index in [9.17, 15) is 0 Å². The van der Waals surface area contributed by atoms with E-state index in [1.165, 1.54) is 5.56 Å². The van der Waals surface area contributed by atoms with Gasteiger partial charge in [0, 0.05) is 18.3 Å².